The van der Waals surface area contributed by atoms with Gasteiger partial charge in [-0.1, -0.05) is 41.4 Å². The molecule has 3 rings (SSSR count). The van der Waals surface area contributed by atoms with Crippen LogP contribution in [0.25, 0.3) is 22.3 Å². The number of hydrogen-bond donors (Lipinski definition) is 0. The van der Waals surface area contributed by atoms with Crippen LogP contribution in [0, 0.1) is 0 Å². The zero-order chi connectivity index (χ0) is 15.7. The summed E-state index contributed by atoms with van der Waals surface area (Å²) in [7, 11) is 3.05. The number of nitrogens with zero attached hydrogens (tertiary/aromatic N) is 2. The Labute approximate surface area is 137 Å². The van der Waals surface area contributed by atoms with E-state index in [2.05, 4.69) is 9.97 Å². The minimum absolute atomic E-state index is 0.351. The minimum atomic E-state index is 0.351. The third kappa shape index (κ3) is 2.45. The van der Waals surface area contributed by atoms with E-state index < -0.39 is 0 Å². The lowest BCUT2D eigenvalue weighted by Gasteiger charge is -2.13. The Morgan fingerprint density at radius 1 is 0.955 bits per heavy atom. The van der Waals surface area contributed by atoms with Crippen molar-refractivity contribution < 1.29 is 9.47 Å². The van der Waals surface area contributed by atoms with Gasteiger partial charge in [0, 0.05) is 17.6 Å². The molecule has 0 aliphatic carbocycles. The Morgan fingerprint density at radius 3 is 2.23 bits per heavy atom. The van der Waals surface area contributed by atoms with Crippen LogP contribution in [-0.4, -0.2) is 24.2 Å². The van der Waals surface area contributed by atoms with Crippen LogP contribution in [0.2, 0.25) is 10.0 Å². The van der Waals surface area contributed by atoms with Crippen LogP contribution in [0.3, 0.4) is 0 Å². The average Bonchev–Trinajstić information content (AvgIpc) is 2.55. The van der Waals surface area contributed by atoms with E-state index in [0.29, 0.717) is 32.9 Å². The van der Waals surface area contributed by atoms with Crippen molar-refractivity contribution in [3.63, 3.8) is 0 Å². The number of para-hydroxylation sites is 1. The summed E-state index contributed by atoms with van der Waals surface area (Å²) in [5.74, 6) is 1.33. The molecule has 22 heavy (non-hydrogen) atoms. The molecular weight excluding hydrogens is 323 g/mol. The van der Waals surface area contributed by atoms with Crippen molar-refractivity contribution in [2.24, 2.45) is 0 Å². The highest BCUT2D eigenvalue weighted by molar-refractivity contribution is 6.40. The molecule has 0 unspecified atom stereocenters. The van der Waals surface area contributed by atoms with Crippen molar-refractivity contribution in [3.05, 3.63) is 46.6 Å². The zero-order valence-electron chi connectivity index (χ0n) is 11.9. The Bertz CT molecular complexity index is 825. The molecule has 3 aromatic rings. The molecule has 0 saturated carbocycles. The first kappa shape index (κ1) is 14.9. The third-order valence-corrected chi connectivity index (χ3v) is 4.04. The number of aromatic nitrogens is 2. The summed E-state index contributed by atoms with van der Waals surface area (Å²) >= 11 is 12.8. The quantitative estimate of drug-likeness (QED) is 0.700. The van der Waals surface area contributed by atoms with E-state index in [1.807, 2.05) is 24.3 Å². The van der Waals surface area contributed by atoms with Crippen LogP contribution < -0.4 is 9.47 Å². The second-order valence-electron chi connectivity index (χ2n) is 4.54. The van der Waals surface area contributed by atoms with E-state index >= 15 is 0 Å². The smallest absolute Gasteiger partial charge is 0.163 e. The largest absolute Gasteiger partial charge is 0.495 e. The van der Waals surface area contributed by atoms with Gasteiger partial charge in [0.15, 0.2) is 5.82 Å². The first-order valence-electron chi connectivity index (χ1n) is 6.48. The van der Waals surface area contributed by atoms with Crippen LogP contribution >= 0.6 is 23.2 Å². The number of halogens is 2. The van der Waals surface area contributed by atoms with Crippen LogP contribution in [0.4, 0.5) is 0 Å². The van der Waals surface area contributed by atoms with Crippen molar-refractivity contribution >= 4 is 34.1 Å². The van der Waals surface area contributed by atoms with Gasteiger partial charge in [0.25, 0.3) is 0 Å². The predicted molar refractivity (Wildman–Crippen MR) is 88.1 cm³/mol. The number of fused-ring (bicyclic) bond motifs is 1. The second kappa shape index (κ2) is 5.99. The summed E-state index contributed by atoms with van der Waals surface area (Å²) in [6.45, 7) is 0. The van der Waals surface area contributed by atoms with Gasteiger partial charge in [0.2, 0.25) is 0 Å². The fourth-order valence-corrected chi connectivity index (χ4v) is 2.84. The standard InChI is InChI=1S/C16H12Cl2N2O2/c1-21-11-7-12(22-2)15(18)13(14(11)17)16-19-8-9-5-3-4-6-10(9)20-16/h3-8H,1-2H3. The van der Waals surface area contributed by atoms with E-state index in [0.717, 1.165) is 10.9 Å². The molecule has 0 saturated heterocycles. The highest BCUT2D eigenvalue weighted by atomic mass is 35.5. The summed E-state index contributed by atoms with van der Waals surface area (Å²) in [5, 5.41) is 1.64. The van der Waals surface area contributed by atoms with Gasteiger partial charge in [-0.05, 0) is 6.07 Å². The monoisotopic (exact) mass is 334 g/mol. The Hall–Kier alpha value is -2.04. The van der Waals surface area contributed by atoms with Gasteiger partial charge in [-0.25, -0.2) is 9.97 Å². The SMILES string of the molecule is COc1cc(OC)c(Cl)c(-c2ncc3ccccc3n2)c1Cl. The maximum Gasteiger partial charge on any atom is 0.163 e. The summed E-state index contributed by atoms with van der Waals surface area (Å²) in [5.41, 5.74) is 1.30. The van der Waals surface area contributed by atoms with E-state index in [-0.39, 0.29) is 0 Å². The fraction of sp³-hybridized carbons (Fsp3) is 0.125. The highest BCUT2D eigenvalue weighted by Gasteiger charge is 2.20. The molecule has 0 atom stereocenters. The second-order valence-corrected chi connectivity index (χ2v) is 5.29. The average molecular weight is 335 g/mol. The molecule has 6 heteroatoms. The molecule has 1 aromatic heterocycles. The summed E-state index contributed by atoms with van der Waals surface area (Å²) in [4.78, 5) is 8.89. The number of benzene rings is 2. The van der Waals surface area contributed by atoms with Gasteiger partial charge in [-0.2, -0.15) is 0 Å². The van der Waals surface area contributed by atoms with Crippen LogP contribution in [0.1, 0.15) is 0 Å². The van der Waals surface area contributed by atoms with Crippen LogP contribution in [-0.2, 0) is 0 Å². The third-order valence-electron chi connectivity index (χ3n) is 3.29. The molecule has 0 aliphatic heterocycles. The van der Waals surface area contributed by atoms with Gasteiger partial charge >= 0.3 is 0 Å². The lowest BCUT2D eigenvalue weighted by molar-refractivity contribution is 0.395. The molecule has 0 fully saturated rings. The molecule has 0 bridgehead atoms. The molecule has 2 aromatic carbocycles. The Balaban J connectivity index is 2.28. The normalized spacial score (nSPS) is 10.7. The van der Waals surface area contributed by atoms with Crippen molar-refractivity contribution in [2.75, 3.05) is 14.2 Å². The molecule has 0 amide bonds. The number of hydrogen-bond acceptors (Lipinski definition) is 4. The summed E-state index contributed by atoms with van der Waals surface area (Å²) < 4.78 is 10.5. The van der Waals surface area contributed by atoms with Crippen molar-refractivity contribution in [1.29, 1.82) is 0 Å². The molecule has 0 radical (unpaired) electrons. The van der Waals surface area contributed by atoms with E-state index in [9.17, 15) is 0 Å². The van der Waals surface area contributed by atoms with Gasteiger partial charge < -0.3 is 9.47 Å². The van der Waals surface area contributed by atoms with E-state index in [4.69, 9.17) is 32.7 Å². The summed E-state index contributed by atoms with van der Waals surface area (Å²) in [6, 6.07) is 9.32. The number of ether oxygens (including phenoxy) is 2. The molecule has 112 valence electrons. The Kier molecular flexibility index (Phi) is 4.05. The minimum Gasteiger partial charge on any atom is -0.495 e. The van der Waals surface area contributed by atoms with Gasteiger partial charge in [0.1, 0.15) is 11.5 Å². The van der Waals surface area contributed by atoms with Gasteiger partial charge in [0.05, 0.1) is 35.3 Å². The number of rotatable bonds is 3. The fourth-order valence-electron chi connectivity index (χ4n) is 2.17. The topological polar surface area (TPSA) is 44.2 Å². The molecule has 0 N–H and O–H groups in total. The van der Waals surface area contributed by atoms with Gasteiger partial charge in [-0.15, -0.1) is 0 Å². The maximum atomic E-state index is 6.38. The molecule has 0 spiro atoms. The zero-order valence-corrected chi connectivity index (χ0v) is 13.4. The molecular formula is C16H12Cl2N2O2. The van der Waals surface area contributed by atoms with Crippen LogP contribution in [0.5, 0.6) is 11.5 Å². The summed E-state index contributed by atoms with van der Waals surface area (Å²) in [6.07, 6.45) is 1.73. The number of methoxy groups -OCH3 is 2. The predicted octanol–water partition coefficient (Wildman–Crippen LogP) is 4.62. The van der Waals surface area contributed by atoms with Crippen molar-refractivity contribution in [3.8, 4) is 22.9 Å². The highest BCUT2D eigenvalue weighted by Crippen LogP contribution is 2.44. The lowest BCUT2D eigenvalue weighted by atomic mass is 10.1. The van der Waals surface area contributed by atoms with Crippen molar-refractivity contribution in [1.82, 2.24) is 9.97 Å². The first-order valence-corrected chi connectivity index (χ1v) is 7.23. The molecule has 1 heterocycles. The maximum absolute atomic E-state index is 6.38. The van der Waals surface area contributed by atoms with Crippen LogP contribution in [0.15, 0.2) is 36.5 Å². The first-order chi connectivity index (χ1) is 10.7. The van der Waals surface area contributed by atoms with Gasteiger partial charge in [-0.3, -0.25) is 0 Å². The van der Waals surface area contributed by atoms with E-state index in [1.54, 1.807) is 12.3 Å². The van der Waals surface area contributed by atoms with E-state index in [1.165, 1.54) is 14.2 Å². The molecule has 4 nitrogen and oxygen atoms in total. The van der Waals surface area contributed by atoms with Crippen molar-refractivity contribution in [2.45, 2.75) is 0 Å². The molecule has 0 aliphatic rings. The Morgan fingerprint density at radius 2 is 1.59 bits per heavy atom. The lowest BCUT2D eigenvalue weighted by Crippen LogP contribution is -1.96.